The molecule has 0 bridgehead atoms. The van der Waals surface area contributed by atoms with E-state index in [1.165, 1.54) is 0 Å². The van der Waals surface area contributed by atoms with Gasteiger partial charge in [-0.2, -0.15) is 0 Å². The SMILES string of the molecule is CC1OCCC1N(C)C(=O)N[C@@H](C(=O)O)C(C)(C)C. The molecule has 0 aliphatic carbocycles. The number of ether oxygens (including phenoxy) is 1. The maximum absolute atomic E-state index is 12.1. The molecule has 1 aliphatic rings. The summed E-state index contributed by atoms with van der Waals surface area (Å²) in [5, 5.41) is 11.8. The first-order chi connectivity index (χ1) is 8.64. The number of hydrogen-bond acceptors (Lipinski definition) is 3. The highest BCUT2D eigenvalue weighted by Crippen LogP contribution is 2.21. The van der Waals surface area contributed by atoms with E-state index < -0.39 is 17.4 Å². The van der Waals surface area contributed by atoms with Crippen molar-refractivity contribution in [2.24, 2.45) is 5.41 Å². The van der Waals surface area contributed by atoms with Gasteiger partial charge in [0.2, 0.25) is 0 Å². The number of carbonyl (C=O) groups is 2. The van der Waals surface area contributed by atoms with Gasteiger partial charge in [0.25, 0.3) is 0 Å². The van der Waals surface area contributed by atoms with Crippen molar-refractivity contribution in [3.63, 3.8) is 0 Å². The molecule has 2 amide bonds. The Morgan fingerprint density at radius 1 is 1.42 bits per heavy atom. The van der Waals surface area contributed by atoms with Crippen molar-refractivity contribution in [1.82, 2.24) is 10.2 Å². The van der Waals surface area contributed by atoms with Gasteiger partial charge in [-0.3, -0.25) is 0 Å². The van der Waals surface area contributed by atoms with E-state index in [1.54, 1.807) is 32.7 Å². The van der Waals surface area contributed by atoms with E-state index in [4.69, 9.17) is 4.74 Å². The van der Waals surface area contributed by atoms with E-state index in [-0.39, 0.29) is 18.2 Å². The van der Waals surface area contributed by atoms with Crippen LogP contribution in [0.3, 0.4) is 0 Å². The van der Waals surface area contributed by atoms with Crippen LogP contribution in [0.1, 0.15) is 34.1 Å². The molecule has 0 saturated carbocycles. The molecule has 2 N–H and O–H groups in total. The highest BCUT2D eigenvalue weighted by atomic mass is 16.5. The van der Waals surface area contributed by atoms with Gasteiger partial charge in [-0.1, -0.05) is 20.8 Å². The maximum Gasteiger partial charge on any atom is 0.326 e. The topological polar surface area (TPSA) is 78.9 Å². The van der Waals surface area contributed by atoms with Crippen LogP contribution >= 0.6 is 0 Å². The number of likely N-dealkylation sites (N-methyl/N-ethyl adjacent to an activating group) is 1. The molecule has 6 nitrogen and oxygen atoms in total. The van der Waals surface area contributed by atoms with E-state index in [9.17, 15) is 14.7 Å². The third-order valence-electron chi connectivity index (χ3n) is 3.53. The molecule has 0 radical (unpaired) electrons. The smallest absolute Gasteiger partial charge is 0.326 e. The van der Waals surface area contributed by atoms with Crippen LogP contribution in [0.4, 0.5) is 4.79 Å². The van der Waals surface area contributed by atoms with Gasteiger partial charge in [-0.05, 0) is 18.8 Å². The summed E-state index contributed by atoms with van der Waals surface area (Å²) in [5.41, 5.74) is -0.542. The lowest BCUT2D eigenvalue weighted by Gasteiger charge is -2.32. The minimum absolute atomic E-state index is 0.00517. The Morgan fingerprint density at radius 2 is 2.00 bits per heavy atom. The second-order valence-electron chi connectivity index (χ2n) is 6.13. The summed E-state index contributed by atoms with van der Waals surface area (Å²) in [6.45, 7) is 7.90. The zero-order valence-corrected chi connectivity index (χ0v) is 12.3. The molecule has 19 heavy (non-hydrogen) atoms. The van der Waals surface area contributed by atoms with Crippen LogP contribution in [0.2, 0.25) is 0 Å². The van der Waals surface area contributed by atoms with Crippen molar-refractivity contribution in [3.05, 3.63) is 0 Å². The fourth-order valence-corrected chi connectivity index (χ4v) is 2.25. The molecular formula is C13H24N2O4. The third-order valence-corrected chi connectivity index (χ3v) is 3.53. The molecule has 0 aromatic rings. The van der Waals surface area contributed by atoms with Gasteiger partial charge in [0.1, 0.15) is 6.04 Å². The number of nitrogens with one attached hydrogen (secondary N) is 1. The summed E-state index contributed by atoms with van der Waals surface area (Å²) >= 11 is 0. The lowest BCUT2D eigenvalue weighted by Crippen LogP contribution is -2.55. The largest absolute Gasteiger partial charge is 0.480 e. The van der Waals surface area contributed by atoms with E-state index in [0.29, 0.717) is 6.61 Å². The molecule has 1 aliphatic heterocycles. The predicted octanol–water partition coefficient (Wildman–Crippen LogP) is 1.30. The average molecular weight is 272 g/mol. The van der Waals surface area contributed by atoms with Crippen molar-refractivity contribution in [3.8, 4) is 0 Å². The number of carbonyl (C=O) groups excluding carboxylic acids is 1. The molecule has 2 unspecified atom stereocenters. The van der Waals surface area contributed by atoms with E-state index in [2.05, 4.69) is 5.32 Å². The van der Waals surface area contributed by atoms with E-state index >= 15 is 0 Å². The number of aliphatic carboxylic acids is 1. The minimum atomic E-state index is -1.02. The Bertz CT molecular complexity index is 351. The van der Waals surface area contributed by atoms with Crippen molar-refractivity contribution >= 4 is 12.0 Å². The monoisotopic (exact) mass is 272 g/mol. The summed E-state index contributed by atoms with van der Waals surface area (Å²) < 4.78 is 5.42. The van der Waals surface area contributed by atoms with Crippen molar-refractivity contribution in [2.75, 3.05) is 13.7 Å². The highest BCUT2D eigenvalue weighted by molar-refractivity contribution is 5.83. The van der Waals surface area contributed by atoms with E-state index in [1.807, 2.05) is 6.92 Å². The molecule has 3 atom stereocenters. The van der Waals surface area contributed by atoms with Crippen LogP contribution < -0.4 is 5.32 Å². The third kappa shape index (κ3) is 3.83. The number of hydrogen-bond donors (Lipinski definition) is 2. The van der Waals surface area contributed by atoms with Crippen LogP contribution in [0, 0.1) is 5.41 Å². The summed E-state index contributed by atoms with van der Waals surface area (Å²) in [5.74, 6) is -1.02. The van der Waals surface area contributed by atoms with Gasteiger partial charge in [-0.15, -0.1) is 0 Å². The van der Waals surface area contributed by atoms with Crippen LogP contribution in [0.15, 0.2) is 0 Å². The molecule has 0 spiro atoms. The zero-order valence-electron chi connectivity index (χ0n) is 12.3. The Hall–Kier alpha value is -1.30. The van der Waals surface area contributed by atoms with Gasteiger partial charge in [-0.25, -0.2) is 9.59 Å². The number of carboxylic acids is 1. The summed E-state index contributed by atoms with van der Waals surface area (Å²) in [6.07, 6.45) is 0.756. The summed E-state index contributed by atoms with van der Waals surface area (Å²) in [4.78, 5) is 24.9. The van der Waals surface area contributed by atoms with Crippen molar-refractivity contribution in [2.45, 2.75) is 52.3 Å². The average Bonchev–Trinajstić information content (AvgIpc) is 2.68. The molecule has 6 heteroatoms. The second kappa shape index (κ2) is 5.77. The summed E-state index contributed by atoms with van der Waals surface area (Å²) in [6, 6.07) is -1.29. The molecule has 1 saturated heterocycles. The van der Waals surface area contributed by atoms with E-state index in [0.717, 1.165) is 6.42 Å². The Morgan fingerprint density at radius 3 is 2.37 bits per heavy atom. The van der Waals surface area contributed by atoms with Gasteiger partial charge in [0.05, 0.1) is 12.1 Å². The summed E-state index contributed by atoms with van der Waals surface area (Å²) in [7, 11) is 1.67. The molecule has 0 aromatic heterocycles. The van der Waals surface area contributed by atoms with Crippen molar-refractivity contribution < 1.29 is 19.4 Å². The second-order valence-corrected chi connectivity index (χ2v) is 6.13. The van der Waals surface area contributed by atoms with Gasteiger partial charge in [0.15, 0.2) is 0 Å². The molecule has 1 heterocycles. The number of urea groups is 1. The first-order valence-electron chi connectivity index (χ1n) is 6.52. The molecular weight excluding hydrogens is 248 g/mol. The minimum Gasteiger partial charge on any atom is -0.480 e. The first kappa shape index (κ1) is 15.8. The van der Waals surface area contributed by atoms with Crippen LogP contribution in [0.25, 0.3) is 0 Å². The lowest BCUT2D eigenvalue weighted by atomic mass is 9.87. The Balaban J connectivity index is 2.69. The maximum atomic E-state index is 12.1. The molecule has 1 fully saturated rings. The first-order valence-corrected chi connectivity index (χ1v) is 6.52. The molecule has 1 rings (SSSR count). The number of amides is 2. The number of carboxylic acid groups (broad SMARTS) is 1. The number of rotatable bonds is 3. The van der Waals surface area contributed by atoms with Gasteiger partial charge in [0, 0.05) is 13.7 Å². The molecule has 110 valence electrons. The lowest BCUT2D eigenvalue weighted by molar-refractivity contribution is -0.142. The van der Waals surface area contributed by atoms with Crippen molar-refractivity contribution in [1.29, 1.82) is 0 Å². The van der Waals surface area contributed by atoms with Gasteiger partial charge < -0.3 is 20.1 Å². The fraction of sp³-hybridized carbons (Fsp3) is 0.846. The Labute approximate surface area is 114 Å². The fourth-order valence-electron chi connectivity index (χ4n) is 2.25. The number of nitrogens with zero attached hydrogens (tertiary/aromatic N) is 1. The van der Waals surface area contributed by atoms with Crippen LogP contribution in [0.5, 0.6) is 0 Å². The van der Waals surface area contributed by atoms with Crippen LogP contribution in [-0.2, 0) is 9.53 Å². The normalized spacial score (nSPS) is 24.9. The van der Waals surface area contributed by atoms with Gasteiger partial charge >= 0.3 is 12.0 Å². The van der Waals surface area contributed by atoms with Crippen LogP contribution in [-0.4, -0.2) is 53.8 Å². The predicted molar refractivity (Wildman–Crippen MR) is 71.0 cm³/mol. The molecule has 0 aromatic carbocycles. The quantitative estimate of drug-likeness (QED) is 0.811. The standard InChI is InChI=1S/C13H24N2O4/c1-8-9(6-7-19-8)15(5)12(18)14-10(11(16)17)13(2,3)4/h8-10H,6-7H2,1-5H3,(H,14,18)(H,16,17)/t8?,9?,10-/m0/s1. The Kier molecular flexibility index (Phi) is 4.79. The zero-order chi connectivity index (χ0) is 14.8. The highest BCUT2D eigenvalue weighted by Gasteiger charge is 2.36.